The zero-order valence-corrected chi connectivity index (χ0v) is 12.8. The van der Waals surface area contributed by atoms with Crippen molar-refractivity contribution in [3.63, 3.8) is 0 Å². The number of pyridine rings is 1. The van der Waals surface area contributed by atoms with Gasteiger partial charge in [0.2, 0.25) is 6.79 Å². The Bertz CT molecular complexity index is 905. The summed E-state index contributed by atoms with van der Waals surface area (Å²) in [5.74, 6) is 1.25. The number of aryl methyl sites for hydroxylation is 1. The van der Waals surface area contributed by atoms with Crippen LogP contribution in [0.3, 0.4) is 0 Å². The zero-order valence-electron chi connectivity index (χ0n) is 12.8. The second kappa shape index (κ2) is 5.84. The third-order valence-electron chi connectivity index (χ3n) is 3.91. The lowest BCUT2D eigenvalue weighted by Gasteiger charge is -2.08. The summed E-state index contributed by atoms with van der Waals surface area (Å²) in [5, 5.41) is 8.89. The fraction of sp³-hybridized carbons (Fsp3) is 0.235. The van der Waals surface area contributed by atoms with Gasteiger partial charge >= 0.3 is 5.97 Å². The van der Waals surface area contributed by atoms with Gasteiger partial charge in [0.1, 0.15) is 5.69 Å². The molecule has 0 spiro atoms. The Morgan fingerprint density at radius 1 is 1.25 bits per heavy atom. The van der Waals surface area contributed by atoms with E-state index in [0.29, 0.717) is 30.3 Å². The molecule has 7 heteroatoms. The number of ether oxygens (including phenoxy) is 2. The second-order valence-corrected chi connectivity index (χ2v) is 5.49. The molecule has 0 unspecified atom stereocenters. The number of nitrogens with zero attached hydrogens (tertiary/aromatic N) is 3. The summed E-state index contributed by atoms with van der Waals surface area (Å²) in [6, 6.07) is 9.36. The van der Waals surface area contributed by atoms with Gasteiger partial charge in [0.25, 0.3) is 0 Å². The number of benzene rings is 1. The monoisotopic (exact) mass is 325 g/mol. The molecule has 2 aromatic heterocycles. The van der Waals surface area contributed by atoms with Gasteiger partial charge in [-0.05, 0) is 18.6 Å². The summed E-state index contributed by atoms with van der Waals surface area (Å²) in [6.45, 7) is 0.738. The Kier molecular flexibility index (Phi) is 3.53. The maximum atomic E-state index is 10.8. The van der Waals surface area contributed by atoms with Crippen LogP contribution in [0.2, 0.25) is 0 Å². The SMILES string of the molecule is O=C(O)CCCn1c(-c2ccccn2)nc2cc3c(cc21)OCO3. The predicted molar refractivity (Wildman–Crippen MR) is 86.0 cm³/mol. The number of aliphatic carboxylic acids is 1. The molecule has 7 nitrogen and oxygen atoms in total. The first-order chi connectivity index (χ1) is 11.7. The summed E-state index contributed by atoms with van der Waals surface area (Å²) in [7, 11) is 0. The molecular formula is C17H15N3O4. The smallest absolute Gasteiger partial charge is 0.303 e. The molecule has 0 fully saturated rings. The van der Waals surface area contributed by atoms with Gasteiger partial charge in [-0.1, -0.05) is 6.07 Å². The van der Waals surface area contributed by atoms with E-state index in [2.05, 4.69) is 9.97 Å². The lowest BCUT2D eigenvalue weighted by molar-refractivity contribution is -0.137. The highest BCUT2D eigenvalue weighted by atomic mass is 16.7. The maximum absolute atomic E-state index is 10.8. The molecule has 122 valence electrons. The van der Waals surface area contributed by atoms with Crippen molar-refractivity contribution >= 4 is 17.0 Å². The number of rotatable bonds is 5. The highest BCUT2D eigenvalue weighted by Gasteiger charge is 2.20. The maximum Gasteiger partial charge on any atom is 0.303 e. The summed E-state index contributed by atoms with van der Waals surface area (Å²) in [5.41, 5.74) is 2.39. The van der Waals surface area contributed by atoms with Gasteiger partial charge in [0.15, 0.2) is 17.3 Å². The fourth-order valence-electron chi connectivity index (χ4n) is 2.82. The molecule has 0 aliphatic carbocycles. The number of carboxylic acid groups (broad SMARTS) is 1. The van der Waals surface area contributed by atoms with E-state index in [9.17, 15) is 4.79 Å². The van der Waals surface area contributed by atoms with Crippen molar-refractivity contribution in [1.82, 2.24) is 14.5 Å². The van der Waals surface area contributed by atoms with Gasteiger partial charge in [-0.3, -0.25) is 9.78 Å². The van der Waals surface area contributed by atoms with Gasteiger partial charge in [0.05, 0.1) is 11.0 Å². The average molecular weight is 325 g/mol. The largest absolute Gasteiger partial charge is 0.481 e. The minimum absolute atomic E-state index is 0.103. The fourth-order valence-corrected chi connectivity index (χ4v) is 2.82. The molecule has 0 atom stereocenters. The third kappa shape index (κ3) is 2.54. The normalized spacial score (nSPS) is 12.7. The molecular weight excluding hydrogens is 310 g/mol. The first-order valence-electron chi connectivity index (χ1n) is 7.65. The summed E-state index contributed by atoms with van der Waals surface area (Å²) < 4.78 is 12.8. The highest BCUT2D eigenvalue weighted by molar-refractivity contribution is 5.84. The molecule has 0 amide bonds. The Hall–Kier alpha value is -3.09. The Balaban J connectivity index is 1.82. The van der Waals surface area contributed by atoms with Crippen molar-refractivity contribution in [2.24, 2.45) is 0 Å². The van der Waals surface area contributed by atoms with E-state index in [1.165, 1.54) is 0 Å². The molecule has 0 saturated heterocycles. The van der Waals surface area contributed by atoms with E-state index in [0.717, 1.165) is 16.7 Å². The first-order valence-corrected chi connectivity index (χ1v) is 7.65. The van der Waals surface area contributed by atoms with Gasteiger partial charge in [-0.15, -0.1) is 0 Å². The van der Waals surface area contributed by atoms with Crippen LogP contribution in [0.15, 0.2) is 36.5 Å². The second-order valence-electron chi connectivity index (χ2n) is 5.49. The summed E-state index contributed by atoms with van der Waals surface area (Å²) >= 11 is 0. The van der Waals surface area contributed by atoms with Crippen molar-refractivity contribution in [3.8, 4) is 23.0 Å². The van der Waals surface area contributed by atoms with Gasteiger partial charge in [0, 0.05) is 31.3 Å². The van der Waals surface area contributed by atoms with Crippen molar-refractivity contribution in [2.75, 3.05) is 6.79 Å². The minimum atomic E-state index is -0.809. The molecule has 1 aliphatic heterocycles. The lowest BCUT2D eigenvalue weighted by Crippen LogP contribution is -2.04. The first kappa shape index (κ1) is 14.5. The Labute approximate surface area is 137 Å². The van der Waals surface area contributed by atoms with E-state index in [4.69, 9.17) is 14.6 Å². The van der Waals surface area contributed by atoms with Crippen LogP contribution in [-0.2, 0) is 11.3 Å². The lowest BCUT2D eigenvalue weighted by atomic mass is 10.2. The number of aromatic nitrogens is 3. The predicted octanol–water partition coefficient (Wildman–Crippen LogP) is 2.69. The number of hydrogen-bond donors (Lipinski definition) is 1. The van der Waals surface area contributed by atoms with E-state index in [1.807, 2.05) is 34.9 Å². The van der Waals surface area contributed by atoms with Crippen LogP contribution in [0.25, 0.3) is 22.6 Å². The molecule has 3 aromatic rings. The number of fused-ring (bicyclic) bond motifs is 2. The molecule has 1 aromatic carbocycles. The van der Waals surface area contributed by atoms with Crippen LogP contribution in [0.1, 0.15) is 12.8 Å². The van der Waals surface area contributed by atoms with Crippen LogP contribution in [0, 0.1) is 0 Å². The van der Waals surface area contributed by atoms with Crippen molar-refractivity contribution in [3.05, 3.63) is 36.5 Å². The van der Waals surface area contributed by atoms with E-state index in [-0.39, 0.29) is 13.2 Å². The van der Waals surface area contributed by atoms with Crippen LogP contribution >= 0.6 is 0 Å². The molecule has 24 heavy (non-hydrogen) atoms. The number of imidazole rings is 1. The topological polar surface area (TPSA) is 86.5 Å². The van der Waals surface area contributed by atoms with Crippen molar-refractivity contribution in [2.45, 2.75) is 19.4 Å². The van der Waals surface area contributed by atoms with E-state index >= 15 is 0 Å². The third-order valence-corrected chi connectivity index (χ3v) is 3.91. The Morgan fingerprint density at radius 2 is 2.08 bits per heavy atom. The summed E-state index contributed by atoms with van der Waals surface area (Å²) in [6.07, 6.45) is 2.32. The van der Waals surface area contributed by atoms with Crippen LogP contribution < -0.4 is 9.47 Å². The van der Waals surface area contributed by atoms with Crippen molar-refractivity contribution < 1.29 is 19.4 Å². The van der Waals surface area contributed by atoms with E-state index < -0.39 is 5.97 Å². The van der Waals surface area contributed by atoms with Crippen LogP contribution in [-0.4, -0.2) is 32.4 Å². The zero-order chi connectivity index (χ0) is 16.5. The van der Waals surface area contributed by atoms with Crippen LogP contribution in [0.4, 0.5) is 0 Å². The van der Waals surface area contributed by atoms with Gasteiger partial charge < -0.3 is 19.1 Å². The molecule has 0 radical (unpaired) electrons. The van der Waals surface area contributed by atoms with Crippen LogP contribution in [0.5, 0.6) is 11.5 Å². The highest BCUT2D eigenvalue weighted by Crippen LogP contribution is 2.37. The van der Waals surface area contributed by atoms with Gasteiger partial charge in [-0.25, -0.2) is 4.98 Å². The molecule has 4 rings (SSSR count). The molecule has 3 heterocycles. The standard InChI is InChI=1S/C17H15N3O4/c21-16(22)5-3-7-20-13-9-15-14(23-10-24-15)8-12(13)19-17(20)11-4-1-2-6-18-11/h1-2,4,6,8-9H,3,5,7,10H2,(H,21,22). The molecule has 0 saturated carbocycles. The quantitative estimate of drug-likeness (QED) is 0.776. The number of carbonyl (C=O) groups is 1. The van der Waals surface area contributed by atoms with E-state index in [1.54, 1.807) is 6.20 Å². The molecule has 1 aliphatic rings. The number of hydrogen-bond acceptors (Lipinski definition) is 5. The van der Waals surface area contributed by atoms with Crippen molar-refractivity contribution in [1.29, 1.82) is 0 Å². The Morgan fingerprint density at radius 3 is 2.83 bits per heavy atom. The number of carboxylic acids is 1. The molecule has 0 bridgehead atoms. The summed E-state index contributed by atoms with van der Waals surface area (Å²) in [4.78, 5) is 19.9. The average Bonchev–Trinajstić information content (AvgIpc) is 3.17. The van der Waals surface area contributed by atoms with Gasteiger partial charge in [-0.2, -0.15) is 0 Å². The minimum Gasteiger partial charge on any atom is -0.481 e. The molecule has 1 N–H and O–H groups in total.